The zero-order chi connectivity index (χ0) is 20.3. The third-order valence-electron chi connectivity index (χ3n) is 4.78. The lowest BCUT2D eigenvalue weighted by Gasteiger charge is -2.20. The average Bonchev–Trinajstić information content (AvgIpc) is 3.11. The van der Waals surface area contributed by atoms with Crippen LogP contribution >= 0.6 is 11.8 Å². The number of thioether (sulfide) groups is 1. The Hall–Kier alpha value is -1.90. The molecule has 8 heteroatoms. The van der Waals surface area contributed by atoms with E-state index >= 15 is 0 Å². The highest BCUT2D eigenvalue weighted by molar-refractivity contribution is 8.00. The van der Waals surface area contributed by atoms with E-state index in [2.05, 4.69) is 0 Å². The smallest absolute Gasteiger partial charge is 0.243 e. The maximum atomic E-state index is 13.7. The first-order valence-corrected chi connectivity index (χ1v) is 11.6. The first-order chi connectivity index (χ1) is 13.4. The van der Waals surface area contributed by atoms with Crippen LogP contribution in [0.3, 0.4) is 0 Å². The van der Waals surface area contributed by atoms with Gasteiger partial charge in [-0.25, -0.2) is 12.8 Å². The van der Waals surface area contributed by atoms with Crippen molar-refractivity contribution in [2.24, 2.45) is 0 Å². The highest BCUT2D eigenvalue weighted by atomic mass is 32.2. The van der Waals surface area contributed by atoms with Crippen molar-refractivity contribution in [1.82, 2.24) is 4.31 Å². The summed E-state index contributed by atoms with van der Waals surface area (Å²) >= 11 is 1.17. The first-order valence-electron chi connectivity index (χ1n) is 9.19. The molecule has 1 aliphatic rings. The largest absolute Gasteiger partial charge is 0.311 e. The number of rotatable bonds is 7. The Labute approximate surface area is 169 Å². The molecule has 3 rings (SSSR count). The number of hydrogen-bond donors (Lipinski definition) is 0. The maximum Gasteiger partial charge on any atom is 0.243 e. The molecule has 1 aliphatic heterocycles. The molecule has 2 aromatic rings. The fourth-order valence-electron chi connectivity index (χ4n) is 3.29. The molecule has 0 aromatic heterocycles. The minimum absolute atomic E-state index is 0.119. The standard InChI is InChI=1S/C20H23FN2O3S2/c1-3-22(4-2)28(25,26)16-9-10-18-15(13-16)11-12-23(18)20(24)14-27-19-8-6-5-7-17(19)21/h5-10,13H,3-4,11-12,14H2,1-2H3. The fourth-order valence-corrected chi connectivity index (χ4v) is 5.61. The quantitative estimate of drug-likeness (QED) is 0.641. The van der Waals surface area contributed by atoms with E-state index in [1.54, 1.807) is 41.3 Å². The van der Waals surface area contributed by atoms with Gasteiger partial charge in [-0.3, -0.25) is 4.79 Å². The van der Waals surface area contributed by atoms with Crippen molar-refractivity contribution in [3.63, 3.8) is 0 Å². The van der Waals surface area contributed by atoms with Gasteiger partial charge in [0.15, 0.2) is 0 Å². The molecule has 0 unspecified atom stereocenters. The van der Waals surface area contributed by atoms with Gasteiger partial charge in [0.05, 0.1) is 10.6 Å². The molecule has 0 spiro atoms. The number of carbonyl (C=O) groups is 1. The summed E-state index contributed by atoms with van der Waals surface area (Å²) in [5.74, 6) is -0.334. The number of fused-ring (bicyclic) bond motifs is 1. The number of amides is 1. The van der Waals surface area contributed by atoms with Gasteiger partial charge in [0.1, 0.15) is 5.82 Å². The van der Waals surface area contributed by atoms with Crippen molar-refractivity contribution in [3.05, 3.63) is 53.8 Å². The maximum absolute atomic E-state index is 13.7. The summed E-state index contributed by atoms with van der Waals surface area (Å²) in [7, 11) is -3.53. The van der Waals surface area contributed by atoms with Crippen molar-refractivity contribution < 1.29 is 17.6 Å². The number of anilines is 1. The van der Waals surface area contributed by atoms with Crippen LogP contribution < -0.4 is 4.90 Å². The molecule has 0 saturated heterocycles. The van der Waals surface area contributed by atoms with Crippen LogP contribution in [0.2, 0.25) is 0 Å². The predicted octanol–water partition coefficient (Wildman–Crippen LogP) is 3.54. The van der Waals surface area contributed by atoms with Crippen LogP contribution in [0.15, 0.2) is 52.3 Å². The molecular weight excluding hydrogens is 399 g/mol. The lowest BCUT2D eigenvalue weighted by molar-refractivity contribution is -0.116. The molecule has 0 bridgehead atoms. The molecule has 5 nitrogen and oxygen atoms in total. The summed E-state index contributed by atoms with van der Waals surface area (Å²) in [6, 6.07) is 11.3. The van der Waals surface area contributed by atoms with Crippen LogP contribution in [0.5, 0.6) is 0 Å². The van der Waals surface area contributed by atoms with E-state index in [1.165, 1.54) is 22.1 Å². The van der Waals surface area contributed by atoms with Gasteiger partial charge < -0.3 is 4.90 Å². The van der Waals surface area contributed by atoms with Crippen LogP contribution in [-0.2, 0) is 21.2 Å². The highest BCUT2D eigenvalue weighted by Gasteiger charge is 2.28. The molecule has 0 N–H and O–H groups in total. The topological polar surface area (TPSA) is 57.7 Å². The molecule has 0 radical (unpaired) electrons. The second-order valence-electron chi connectivity index (χ2n) is 6.39. The van der Waals surface area contributed by atoms with Gasteiger partial charge >= 0.3 is 0 Å². The van der Waals surface area contributed by atoms with E-state index in [9.17, 15) is 17.6 Å². The molecule has 1 amide bonds. The minimum atomic E-state index is -3.53. The lowest BCUT2D eigenvalue weighted by atomic mass is 10.2. The Bertz CT molecular complexity index is 975. The molecule has 0 fully saturated rings. The summed E-state index contributed by atoms with van der Waals surface area (Å²) in [6.45, 7) is 4.94. The van der Waals surface area contributed by atoms with Gasteiger partial charge in [0.2, 0.25) is 15.9 Å². The summed E-state index contributed by atoms with van der Waals surface area (Å²) in [5.41, 5.74) is 1.58. The number of halogens is 1. The average molecular weight is 423 g/mol. The monoisotopic (exact) mass is 422 g/mol. The zero-order valence-electron chi connectivity index (χ0n) is 15.9. The van der Waals surface area contributed by atoms with E-state index in [4.69, 9.17) is 0 Å². The Morgan fingerprint density at radius 2 is 1.89 bits per heavy atom. The van der Waals surface area contributed by atoms with E-state index in [0.717, 1.165) is 11.3 Å². The van der Waals surface area contributed by atoms with Crippen molar-refractivity contribution in [3.8, 4) is 0 Å². The zero-order valence-corrected chi connectivity index (χ0v) is 17.5. The summed E-state index contributed by atoms with van der Waals surface area (Å²) in [4.78, 5) is 15.0. The van der Waals surface area contributed by atoms with E-state index in [0.29, 0.717) is 31.0 Å². The fraction of sp³-hybridized carbons (Fsp3) is 0.350. The normalized spacial score (nSPS) is 13.8. The molecular formula is C20H23FN2O3S2. The first kappa shape index (κ1) is 20.8. The van der Waals surface area contributed by atoms with Crippen LogP contribution in [-0.4, -0.2) is 44.0 Å². The van der Waals surface area contributed by atoms with Gasteiger partial charge in [-0.1, -0.05) is 26.0 Å². The van der Waals surface area contributed by atoms with Crippen molar-refractivity contribution in [2.45, 2.75) is 30.1 Å². The molecule has 0 atom stereocenters. The summed E-state index contributed by atoms with van der Waals surface area (Å²) in [6.07, 6.45) is 0.604. The van der Waals surface area contributed by atoms with Crippen molar-refractivity contribution in [2.75, 3.05) is 30.3 Å². The lowest BCUT2D eigenvalue weighted by Crippen LogP contribution is -2.31. The van der Waals surface area contributed by atoms with Crippen molar-refractivity contribution >= 4 is 33.4 Å². The second kappa shape index (κ2) is 8.63. The van der Waals surface area contributed by atoms with Crippen LogP contribution in [0, 0.1) is 5.82 Å². The predicted molar refractivity (Wildman–Crippen MR) is 110 cm³/mol. The number of sulfonamides is 1. The number of carbonyl (C=O) groups excluding carboxylic acids is 1. The Morgan fingerprint density at radius 1 is 1.18 bits per heavy atom. The van der Waals surface area contributed by atoms with Gasteiger partial charge in [-0.2, -0.15) is 4.31 Å². The summed E-state index contributed by atoms with van der Waals surface area (Å²) < 4.78 is 40.6. The molecule has 150 valence electrons. The molecule has 0 aliphatic carbocycles. The Balaban J connectivity index is 1.76. The van der Waals surface area contributed by atoms with E-state index in [-0.39, 0.29) is 22.4 Å². The summed E-state index contributed by atoms with van der Waals surface area (Å²) in [5, 5.41) is 0. The molecule has 28 heavy (non-hydrogen) atoms. The number of benzene rings is 2. The SMILES string of the molecule is CCN(CC)S(=O)(=O)c1ccc2c(c1)CCN2C(=O)CSc1ccccc1F. The highest BCUT2D eigenvalue weighted by Crippen LogP contribution is 2.32. The molecule has 0 saturated carbocycles. The number of hydrogen-bond acceptors (Lipinski definition) is 4. The van der Waals surface area contributed by atoms with Crippen LogP contribution in [0.1, 0.15) is 19.4 Å². The van der Waals surface area contributed by atoms with E-state index in [1.807, 2.05) is 13.8 Å². The van der Waals surface area contributed by atoms with Gasteiger partial charge in [0, 0.05) is 30.2 Å². The van der Waals surface area contributed by atoms with Gasteiger partial charge in [0.25, 0.3) is 0 Å². The second-order valence-corrected chi connectivity index (χ2v) is 9.35. The Morgan fingerprint density at radius 3 is 2.57 bits per heavy atom. The van der Waals surface area contributed by atoms with Crippen molar-refractivity contribution in [1.29, 1.82) is 0 Å². The molecule has 1 heterocycles. The van der Waals surface area contributed by atoms with Crippen LogP contribution in [0.25, 0.3) is 0 Å². The minimum Gasteiger partial charge on any atom is -0.311 e. The van der Waals surface area contributed by atoms with Gasteiger partial charge in [-0.15, -0.1) is 11.8 Å². The third-order valence-corrected chi connectivity index (χ3v) is 7.86. The van der Waals surface area contributed by atoms with Crippen LogP contribution in [0.4, 0.5) is 10.1 Å². The molecule has 2 aromatic carbocycles. The Kier molecular flexibility index (Phi) is 6.42. The van der Waals surface area contributed by atoms with E-state index < -0.39 is 10.0 Å². The third kappa shape index (κ3) is 4.09. The van der Waals surface area contributed by atoms with Gasteiger partial charge in [-0.05, 0) is 42.3 Å². The number of nitrogens with zero attached hydrogens (tertiary/aromatic N) is 2.